The molecule has 1 aromatic carbocycles. The van der Waals surface area contributed by atoms with Crippen molar-refractivity contribution in [2.24, 2.45) is 0 Å². The average Bonchev–Trinajstić information content (AvgIpc) is 2.84. The van der Waals surface area contributed by atoms with E-state index in [1.54, 1.807) is 13.0 Å². The molecule has 2 aliphatic rings. The van der Waals surface area contributed by atoms with Gasteiger partial charge in [-0.1, -0.05) is 12.1 Å². The van der Waals surface area contributed by atoms with Gasteiger partial charge < -0.3 is 20.1 Å². The highest BCUT2D eigenvalue weighted by molar-refractivity contribution is 5.98. The van der Waals surface area contributed by atoms with Gasteiger partial charge in [0.1, 0.15) is 0 Å². The maximum absolute atomic E-state index is 11.9. The Kier molecular flexibility index (Phi) is 2.85. The van der Waals surface area contributed by atoms with Crippen molar-refractivity contribution < 1.29 is 19.1 Å². The number of allylic oxidation sites excluding steroid dienone is 1. The summed E-state index contributed by atoms with van der Waals surface area (Å²) in [7, 11) is 0. The first-order valence-corrected chi connectivity index (χ1v) is 6.25. The fraction of sp³-hybridized carbons (Fsp3) is 0.286. The number of nitrogens with one attached hydrogen (secondary N) is 2. The molecule has 2 heterocycles. The quantitative estimate of drug-likeness (QED) is 0.859. The highest BCUT2D eigenvalue weighted by Crippen LogP contribution is 2.41. The molecular formula is C14H14N2O4. The summed E-state index contributed by atoms with van der Waals surface area (Å²) in [4.78, 5) is 23.6. The van der Waals surface area contributed by atoms with E-state index in [1.165, 1.54) is 6.92 Å². The van der Waals surface area contributed by atoms with Gasteiger partial charge in [0.15, 0.2) is 17.3 Å². The number of Topliss-reactive ketones (excluding diaryl/α,β-unsaturated/α-hetero) is 1. The molecule has 20 heavy (non-hydrogen) atoms. The van der Waals surface area contributed by atoms with Gasteiger partial charge >= 0.3 is 6.03 Å². The number of ether oxygens (including phenoxy) is 2. The molecule has 0 spiro atoms. The fourth-order valence-corrected chi connectivity index (χ4v) is 2.57. The van der Waals surface area contributed by atoms with E-state index in [2.05, 4.69) is 10.6 Å². The van der Waals surface area contributed by atoms with Crippen LogP contribution in [-0.2, 0) is 4.79 Å². The minimum Gasteiger partial charge on any atom is -0.454 e. The van der Waals surface area contributed by atoms with Gasteiger partial charge in [0.2, 0.25) is 6.79 Å². The van der Waals surface area contributed by atoms with E-state index in [-0.39, 0.29) is 18.6 Å². The summed E-state index contributed by atoms with van der Waals surface area (Å²) in [5, 5.41) is 5.37. The first-order valence-electron chi connectivity index (χ1n) is 6.25. The lowest BCUT2D eigenvalue weighted by molar-refractivity contribution is -0.114. The molecule has 3 rings (SSSR count). The molecule has 0 radical (unpaired) electrons. The second-order valence-corrected chi connectivity index (χ2v) is 4.71. The van der Waals surface area contributed by atoms with Crippen molar-refractivity contribution in [3.05, 3.63) is 35.0 Å². The standard InChI is InChI=1S/C14H14N2O4/c1-7-11(8(2)17)12(16-14(18)15-7)9-4-3-5-10-13(9)20-6-19-10/h3-5,12H,6H2,1-2H3,(H2,15,16,18)/t12-/m0/s1. The molecule has 1 aromatic rings. The Morgan fingerprint density at radius 3 is 2.90 bits per heavy atom. The first-order chi connectivity index (χ1) is 9.58. The summed E-state index contributed by atoms with van der Waals surface area (Å²) in [5.41, 5.74) is 1.80. The van der Waals surface area contributed by atoms with Gasteiger partial charge in [-0.3, -0.25) is 4.79 Å². The lowest BCUT2D eigenvalue weighted by Gasteiger charge is -2.28. The molecule has 0 fully saturated rings. The number of urea groups is 1. The zero-order valence-electron chi connectivity index (χ0n) is 11.1. The number of ketones is 1. The summed E-state index contributed by atoms with van der Waals surface area (Å²) in [6.45, 7) is 3.33. The van der Waals surface area contributed by atoms with Gasteiger partial charge in [-0.2, -0.15) is 0 Å². The molecule has 2 amide bonds. The molecular weight excluding hydrogens is 260 g/mol. The van der Waals surface area contributed by atoms with Crippen molar-refractivity contribution in [1.82, 2.24) is 10.6 Å². The number of hydrogen-bond acceptors (Lipinski definition) is 4. The number of hydrogen-bond donors (Lipinski definition) is 2. The smallest absolute Gasteiger partial charge is 0.319 e. The molecule has 0 aliphatic carbocycles. The highest BCUT2D eigenvalue weighted by atomic mass is 16.7. The second-order valence-electron chi connectivity index (χ2n) is 4.71. The molecule has 1 atom stereocenters. The summed E-state index contributed by atoms with van der Waals surface area (Å²) < 4.78 is 10.8. The second kappa shape index (κ2) is 4.56. The highest BCUT2D eigenvalue weighted by Gasteiger charge is 2.33. The van der Waals surface area contributed by atoms with E-state index in [0.29, 0.717) is 22.8 Å². The van der Waals surface area contributed by atoms with Crippen LogP contribution in [0.1, 0.15) is 25.5 Å². The van der Waals surface area contributed by atoms with Gasteiger partial charge in [-0.05, 0) is 19.9 Å². The van der Waals surface area contributed by atoms with E-state index in [4.69, 9.17) is 9.47 Å². The molecule has 6 heteroatoms. The molecule has 2 N–H and O–H groups in total. The Bertz CT molecular complexity index is 636. The van der Waals surface area contributed by atoms with Crippen LogP contribution in [0.2, 0.25) is 0 Å². The largest absolute Gasteiger partial charge is 0.454 e. The molecule has 0 aromatic heterocycles. The Hall–Kier alpha value is -2.50. The SMILES string of the molecule is CC(=O)C1=C(C)NC(=O)N[C@H]1c1cccc2c1OCO2. The zero-order valence-corrected chi connectivity index (χ0v) is 11.1. The lowest BCUT2D eigenvalue weighted by Crippen LogP contribution is -2.44. The van der Waals surface area contributed by atoms with Crippen molar-refractivity contribution in [2.75, 3.05) is 6.79 Å². The van der Waals surface area contributed by atoms with Crippen molar-refractivity contribution in [2.45, 2.75) is 19.9 Å². The summed E-state index contributed by atoms with van der Waals surface area (Å²) >= 11 is 0. The molecule has 0 bridgehead atoms. The van der Waals surface area contributed by atoms with Crippen LogP contribution in [0.5, 0.6) is 11.5 Å². The molecule has 104 valence electrons. The normalized spacial score (nSPS) is 20.5. The van der Waals surface area contributed by atoms with Crippen LogP contribution in [0.25, 0.3) is 0 Å². The molecule has 2 aliphatic heterocycles. The van der Waals surface area contributed by atoms with Crippen LogP contribution in [0.15, 0.2) is 29.5 Å². The predicted octanol–water partition coefficient (Wildman–Crippen LogP) is 1.63. The van der Waals surface area contributed by atoms with Crippen LogP contribution in [0.4, 0.5) is 4.79 Å². The van der Waals surface area contributed by atoms with Crippen LogP contribution < -0.4 is 20.1 Å². The van der Waals surface area contributed by atoms with E-state index >= 15 is 0 Å². The summed E-state index contributed by atoms with van der Waals surface area (Å²) in [5.74, 6) is 1.10. The van der Waals surface area contributed by atoms with Gasteiger partial charge in [0, 0.05) is 16.8 Å². The molecule has 6 nitrogen and oxygen atoms in total. The van der Waals surface area contributed by atoms with Crippen molar-refractivity contribution in [3.63, 3.8) is 0 Å². The Morgan fingerprint density at radius 2 is 2.15 bits per heavy atom. The van der Waals surface area contributed by atoms with E-state index < -0.39 is 6.04 Å². The Balaban J connectivity index is 2.13. The van der Waals surface area contributed by atoms with Gasteiger partial charge in [-0.15, -0.1) is 0 Å². The maximum Gasteiger partial charge on any atom is 0.319 e. The third kappa shape index (κ3) is 1.89. The van der Waals surface area contributed by atoms with Gasteiger partial charge in [0.05, 0.1) is 6.04 Å². The van der Waals surface area contributed by atoms with E-state index in [1.807, 2.05) is 12.1 Å². The van der Waals surface area contributed by atoms with Crippen LogP contribution in [0.3, 0.4) is 0 Å². The van der Waals surface area contributed by atoms with Crippen molar-refractivity contribution >= 4 is 11.8 Å². The van der Waals surface area contributed by atoms with Crippen LogP contribution in [-0.4, -0.2) is 18.6 Å². The summed E-state index contributed by atoms with van der Waals surface area (Å²) in [6, 6.07) is 4.55. The minimum absolute atomic E-state index is 0.100. The number of rotatable bonds is 2. The fourth-order valence-electron chi connectivity index (χ4n) is 2.57. The Morgan fingerprint density at radius 1 is 1.35 bits per heavy atom. The van der Waals surface area contributed by atoms with Crippen LogP contribution in [0, 0.1) is 0 Å². The average molecular weight is 274 g/mol. The summed E-state index contributed by atoms with van der Waals surface area (Å²) in [6.07, 6.45) is 0. The maximum atomic E-state index is 11.9. The lowest BCUT2D eigenvalue weighted by atomic mass is 9.92. The van der Waals surface area contributed by atoms with E-state index in [0.717, 1.165) is 5.56 Å². The zero-order chi connectivity index (χ0) is 14.3. The van der Waals surface area contributed by atoms with E-state index in [9.17, 15) is 9.59 Å². The van der Waals surface area contributed by atoms with Crippen molar-refractivity contribution in [1.29, 1.82) is 0 Å². The number of carbonyl (C=O) groups excluding carboxylic acids is 2. The third-order valence-electron chi connectivity index (χ3n) is 3.39. The predicted molar refractivity (Wildman–Crippen MR) is 70.4 cm³/mol. The number of amides is 2. The topological polar surface area (TPSA) is 76.7 Å². The number of benzene rings is 1. The number of para-hydroxylation sites is 1. The monoisotopic (exact) mass is 274 g/mol. The van der Waals surface area contributed by atoms with Gasteiger partial charge in [-0.25, -0.2) is 4.79 Å². The molecule has 0 saturated heterocycles. The molecule has 0 saturated carbocycles. The first kappa shape index (κ1) is 12.5. The van der Waals surface area contributed by atoms with Crippen LogP contribution >= 0.6 is 0 Å². The van der Waals surface area contributed by atoms with Gasteiger partial charge in [0.25, 0.3) is 0 Å². The molecule has 0 unspecified atom stereocenters. The number of carbonyl (C=O) groups is 2. The Labute approximate surface area is 115 Å². The minimum atomic E-state index is -0.530. The van der Waals surface area contributed by atoms with Crippen molar-refractivity contribution in [3.8, 4) is 11.5 Å². The third-order valence-corrected chi connectivity index (χ3v) is 3.39. The number of fused-ring (bicyclic) bond motifs is 1.